The number of aliphatic carboxylic acids is 3. The van der Waals surface area contributed by atoms with Crippen LogP contribution in [0, 0.1) is 0 Å². The molecule has 4 heterocycles. The number of hydrogen-bond acceptors (Lipinski definition) is 16. The second-order valence-electron chi connectivity index (χ2n) is 12.0. The molecule has 0 radical (unpaired) electrons. The van der Waals surface area contributed by atoms with E-state index in [1.807, 2.05) is 0 Å². The van der Waals surface area contributed by atoms with E-state index >= 15 is 0 Å². The molecule has 2 saturated heterocycles. The number of benzene rings is 1. The second kappa shape index (κ2) is 13.9. The van der Waals surface area contributed by atoms with Crippen molar-refractivity contribution in [2.75, 3.05) is 26.4 Å². The van der Waals surface area contributed by atoms with Crippen molar-refractivity contribution in [1.82, 2.24) is 5.32 Å². The highest BCUT2D eigenvalue weighted by molar-refractivity contribution is 5.89. The van der Waals surface area contributed by atoms with Crippen LogP contribution >= 0.6 is 0 Å². The van der Waals surface area contributed by atoms with E-state index in [2.05, 4.69) is 5.32 Å². The minimum absolute atomic E-state index is 0.0653. The van der Waals surface area contributed by atoms with Gasteiger partial charge >= 0.3 is 11.9 Å². The lowest BCUT2D eigenvalue weighted by Crippen LogP contribution is -3.11. The number of rotatable bonds is 11. The standard InChI is InChI=1S/C29H36N2O17/c32-8-19-20(35)21(36)22(48-28-23(37)29(44,9-33)10-45-28)27(47-19)46-18-6-12-5-16(26(42)43)31(15(12)7-17(18)34)2-1-11-3-13(24(38)39)30-14(4-11)25(40)41/h1,3,6-7,14,16,19-23,27-28,30,32-37,44H,2,4-5,8-10H2,(H,38,39)(H,40,41)(H,42,43)/t14-,16+,19-,20-,21+,22-,23+,27-,28+,29-/m1/s1. The van der Waals surface area contributed by atoms with Crippen LogP contribution in [0.25, 0.3) is 0 Å². The first-order valence-electron chi connectivity index (χ1n) is 14.8. The number of carboxylic acid groups (broad SMARTS) is 3. The van der Waals surface area contributed by atoms with Gasteiger partial charge in [-0.1, -0.05) is 0 Å². The van der Waals surface area contributed by atoms with Crippen LogP contribution in [-0.2, 0) is 35.0 Å². The van der Waals surface area contributed by atoms with Gasteiger partial charge in [-0.05, 0) is 23.8 Å². The first-order chi connectivity index (χ1) is 22.7. The summed E-state index contributed by atoms with van der Waals surface area (Å²) in [6, 6.07) is 0.0977. The van der Waals surface area contributed by atoms with Gasteiger partial charge in [-0.3, -0.25) is 4.90 Å². The third-order valence-corrected chi connectivity index (χ3v) is 8.81. The fourth-order valence-electron chi connectivity index (χ4n) is 6.08. The van der Waals surface area contributed by atoms with Gasteiger partial charge in [-0.15, -0.1) is 0 Å². The van der Waals surface area contributed by atoms with E-state index < -0.39 is 104 Å². The van der Waals surface area contributed by atoms with Crippen LogP contribution in [0.15, 0.2) is 35.6 Å². The lowest BCUT2D eigenvalue weighted by Gasteiger charge is -2.42. The summed E-state index contributed by atoms with van der Waals surface area (Å²) in [5, 5.41) is 105. The molecule has 1 aromatic rings. The number of ether oxygens (including phenoxy) is 4. The molecule has 264 valence electrons. The minimum Gasteiger partial charge on any atom is -0.544 e. The van der Waals surface area contributed by atoms with E-state index in [0.29, 0.717) is 16.8 Å². The van der Waals surface area contributed by atoms with E-state index in [9.17, 15) is 65.4 Å². The Bertz CT molecular complexity index is 1480. The quantitative estimate of drug-likeness (QED) is 0.103. The minimum atomic E-state index is -2.09. The summed E-state index contributed by atoms with van der Waals surface area (Å²) < 4.78 is 22.2. The molecule has 48 heavy (non-hydrogen) atoms. The molecule has 4 aliphatic rings. The molecule has 1 unspecified atom stereocenters. The molecule has 0 aliphatic carbocycles. The van der Waals surface area contributed by atoms with Crippen LogP contribution in [0.3, 0.4) is 0 Å². The molecule has 0 amide bonds. The molecule has 19 nitrogen and oxygen atoms in total. The second-order valence-corrected chi connectivity index (χ2v) is 12.0. The van der Waals surface area contributed by atoms with Crippen LogP contribution in [0.2, 0.25) is 0 Å². The van der Waals surface area contributed by atoms with Gasteiger partial charge in [-0.25, -0.2) is 9.59 Å². The number of quaternary nitrogens is 1. The van der Waals surface area contributed by atoms with Gasteiger partial charge in [0.2, 0.25) is 6.29 Å². The van der Waals surface area contributed by atoms with Crippen molar-refractivity contribution in [3.05, 3.63) is 41.1 Å². The molecule has 19 heteroatoms. The molecular formula is C29H36N2O17. The smallest absolute Gasteiger partial charge is 0.351 e. The van der Waals surface area contributed by atoms with Crippen LogP contribution in [0.4, 0.5) is 5.69 Å². The van der Waals surface area contributed by atoms with Crippen molar-refractivity contribution in [3.63, 3.8) is 0 Å². The molecule has 0 bridgehead atoms. The SMILES string of the molecule is O=C(O)C1=CC(=CC[NH+]2c3cc(O)c(O[C@@H]4O[C@H](CO)[C@@H](O)[C@H](O)[C@H]4O[C@@H]4OC[C@](O)(CO)[C@H]4O)cc3C[C@H]2C(=O)[O-])C[C@H](C(=O)O)N1. The Morgan fingerprint density at radius 1 is 1.10 bits per heavy atom. The third-order valence-electron chi connectivity index (χ3n) is 8.81. The van der Waals surface area contributed by atoms with Crippen LogP contribution in [0.1, 0.15) is 12.0 Å². The lowest BCUT2D eigenvalue weighted by molar-refractivity contribution is -0.840. The number of carbonyl (C=O) groups excluding carboxylic acids is 1. The van der Waals surface area contributed by atoms with Crippen molar-refractivity contribution >= 4 is 23.6 Å². The summed E-state index contributed by atoms with van der Waals surface area (Å²) >= 11 is 0. The normalized spacial score (nSPS) is 37.0. The van der Waals surface area contributed by atoms with E-state index in [0.717, 1.165) is 0 Å². The summed E-state index contributed by atoms with van der Waals surface area (Å²) in [6.07, 6.45) is -9.17. The maximum Gasteiger partial charge on any atom is 0.351 e. The number of nitrogens with one attached hydrogen (secondary N) is 2. The first-order valence-corrected chi connectivity index (χ1v) is 14.8. The molecule has 11 N–H and O–H groups in total. The molecule has 4 aliphatic heterocycles. The molecular weight excluding hydrogens is 648 g/mol. The fraction of sp³-hybridized carbons (Fsp3) is 0.552. The first kappa shape index (κ1) is 35.4. The molecule has 11 atom stereocenters. The zero-order valence-electron chi connectivity index (χ0n) is 25.0. The fourth-order valence-corrected chi connectivity index (χ4v) is 6.08. The van der Waals surface area contributed by atoms with Crippen LogP contribution in [0.5, 0.6) is 11.5 Å². The Balaban J connectivity index is 1.40. The number of phenols is 1. The van der Waals surface area contributed by atoms with Gasteiger partial charge in [0.1, 0.15) is 66.0 Å². The Labute approximate surface area is 271 Å². The number of fused-ring (bicyclic) bond motifs is 1. The van der Waals surface area contributed by atoms with Gasteiger partial charge in [-0.2, -0.15) is 0 Å². The molecule has 0 aromatic heterocycles. The highest BCUT2D eigenvalue weighted by Gasteiger charge is 2.53. The number of aliphatic hydroxyl groups is 6. The summed E-state index contributed by atoms with van der Waals surface area (Å²) in [7, 11) is 0. The molecule has 5 rings (SSSR count). The van der Waals surface area contributed by atoms with Gasteiger partial charge in [0.25, 0.3) is 0 Å². The predicted octanol–water partition coefficient (Wildman–Crippen LogP) is -6.43. The van der Waals surface area contributed by atoms with Gasteiger partial charge in [0.15, 0.2) is 23.9 Å². The van der Waals surface area contributed by atoms with Crippen LogP contribution in [-0.4, -0.2) is 151 Å². The van der Waals surface area contributed by atoms with Gasteiger partial charge < -0.3 is 80.1 Å². The van der Waals surface area contributed by atoms with E-state index in [1.165, 1.54) is 24.3 Å². The Hall–Kier alpha value is -3.89. The number of aliphatic hydroxyl groups excluding tert-OH is 5. The zero-order chi connectivity index (χ0) is 35.1. The Morgan fingerprint density at radius 3 is 2.44 bits per heavy atom. The van der Waals surface area contributed by atoms with E-state index in [-0.39, 0.29) is 35.7 Å². The maximum atomic E-state index is 12.1. The van der Waals surface area contributed by atoms with E-state index in [1.54, 1.807) is 0 Å². The largest absolute Gasteiger partial charge is 0.544 e. The molecule has 0 saturated carbocycles. The van der Waals surface area contributed by atoms with Crippen molar-refractivity contribution in [2.45, 2.75) is 73.6 Å². The number of carbonyl (C=O) groups is 3. The molecule has 0 spiro atoms. The van der Waals surface area contributed by atoms with Crippen LogP contribution < -0.4 is 20.1 Å². The highest BCUT2D eigenvalue weighted by Crippen LogP contribution is 2.38. The van der Waals surface area contributed by atoms with Crippen molar-refractivity contribution in [2.24, 2.45) is 0 Å². The summed E-state index contributed by atoms with van der Waals surface area (Å²) in [4.78, 5) is 35.5. The average molecular weight is 685 g/mol. The number of carboxylic acids is 3. The topological polar surface area (TPSA) is 310 Å². The number of hydrogen-bond donors (Lipinski definition) is 11. The lowest BCUT2D eigenvalue weighted by atomic mass is 9.98. The summed E-state index contributed by atoms with van der Waals surface area (Å²) in [5.74, 6) is -4.93. The Morgan fingerprint density at radius 2 is 1.83 bits per heavy atom. The maximum absolute atomic E-state index is 12.1. The monoisotopic (exact) mass is 684 g/mol. The number of phenolic OH excluding ortho intramolecular Hbond substituents is 1. The third kappa shape index (κ3) is 6.83. The van der Waals surface area contributed by atoms with Gasteiger partial charge in [0, 0.05) is 24.5 Å². The summed E-state index contributed by atoms with van der Waals surface area (Å²) in [6.45, 7) is -2.27. The van der Waals surface area contributed by atoms with E-state index in [4.69, 9.17) is 18.9 Å². The van der Waals surface area contributed by atoms with Crippen molar-refractivity contribution in [1.29, 1.82) is 0 Å². The summed E-state index contributed by atoms with van der Waals surface area (Å²) in [5.41, 5.74) is -1.43. The Kier molecular flexibility index (Phi) is 10.3. The average Bonchev–Trinajstić information content (AvgIpc) is 3.55. The number of aromatic hydroxyl groups is 1. The molecule has 2 fully saturated rings. The highest BCUT2D eigenvalue weighted by atomic mass is 16.8. The number of allylic oxidation sites excluding steroid dienone is 1. The van der Waals surface area contributed by atoms with Crippen molar-refractivity contribution in [3.8, 4) is 11.5 Å². The van der Waals surface area contributed by atoms with Crippen molar-refractivity contribution < 1.29 is 89.3 Å². The zero-order valence-corrected chi connectivity index (χ0v) is 25.0. The predicted molar refractivity (Wildman–Crippen MR) is 150 cm³/mol. The van der Waals surface area contributed by atoms with Gasteiger partial charge in [0.05, 0.1) is 19.8 Å². The molecule has 1 aromatic carbocycles.